The zero-order chi connectivity index (χ0) is 26.8. The Balaban J connectivity index is 1.45. The van der Waals surface area contributed by atoms with Gasteiger partial charge < -0.3 is 19.5 Å². The van der Waals surface area contributed by atoms with Crippen molar-refractivity contribution in [2.75, 3.05) is 18.1 Å². The van der Waals surface area contributed by atoms with Gasteiger partial charge in [0.2, 0.25) is 5.91 Å². The van der Waals surface area contributed by atoms with Crippen molar-refractivity contribution in [2.24, 2.45) is 5.41 Å². The van der Waals surface area contributed by atoms with Crippen LogP contribution in [0.4, 0.5) is 32.0 Å². The van der Waals surface area contributed by atoms with Crippen LogP contribution in [0.5, 0.6) is 0 Å². The lowest BCUT2D eigenvalue weighted by molar-refractivity contribution is -0.227. The number of aliphatic hydroxyl groups excluding tert-OH is 1. The number of carbonyl (C=O) groups is 1. The van der Waals surface area contributed by atoms with Crippen molar-refractivity contribution in [1.29, 1.82) is 0 Å². The molecule has 2 aromatic rings. The van der Waals surface area contributed by atoms with Crippen LogP contribution >= 0.6 is 0 Å². The lowest BCUT2D eigenvalue weighted by atomic mass is 9.70. The SMILES string of the molecule is O=C1N(c2ccc([C@@H](OCc3ccccc3)C(F)(F)F)cc2)CC[C@]12CC[C@H](O)[C@@H](OCC(F)(F)F)C2. The van der Waals surface area contributed by atoms with Crippen LogP contribution in [0, 0.1) is 5.41 Å². The number of alkyl halides is 6. The van der Waals surface area contributed by atoms with Crippen LogP contribution in [0.3, 0.4) is 0 Å². The number of ether oxygens (including phenoxy) is 2. The maximum absolute atomic E-state index is 13.7. The molecule has 4 atom stereocenters. The highest BCUT2D eigenvalue weighted by Gasteiger charge is 2.52. The van der Waals surface area contributed by atoms with Crippen LogP contribution in [0.2, 0.25) is 0 Å². The Morgan fingerprint density at radius 3 is 2.30 bits per heavy atom. The van der Waals surface area contributed by atoms with Gasteiger partial charge in [0.25, 0.3) is 0 Å². The number of rotatable bonds is 7. The molecule has 1 heterocycles. The standard InChI is InChI=1S/C26H27F6NO4/c27-25(28,29)16-37-21-14-24(11-10-20(21)34)12-13-33(23(24)35)19-8-6-18(7-9-19)22(26(30,31)32)36-15-17-4-2-1-3-5-17/h1-9,20-22,34H,10-16H2/t20-,21-,22+,24-/m0/s1. The van der Waals surface area contributed by atoms with E-state index >= 15 is 0 Å². The first-order chi connectivity index (χ1) is 17.4. The number of benzene rings is 2. The van der Waals surface area contributed by atoms with Gasteiger partial charge in [0.15, 0.2) is 6.10 Å². The van der Waals surface area contributed by atoms with Gasteiger partial charge in [-0.3, -0.25) is 4.79 Å². The van der Waals surface area contributed by atoms with Crippen molar-refractivity contribution in [3.05, 3.63) is 65.7 Å². The molecule has 1 aliphatic carbocycles. The highest BCUT2D eigenvalue weighted by molar-refractivity contribution is 6.00. The molecule has 2 aromatic carbocycles. The minimum absolute atomic E-state index is 0.0544. The molecule has 4 rings (SSSR count). The number of hydrogen-bond donors (Lipinski definition) is 1. The third kappa shape index (κ3) is 6.45. The summed E-state index contributed by atoms with van der Waals surface area (Å²) in [4.78, 5) is 14.8. The average molecular weight is 531 g/mol. The molecule has 1 amide bonds. The summed E-state index contributed by atoms with van der Waals surface area (Å²) in [5, 5.41) is 10.1. The Labute approximate surface area is 210 Å². The van der Waals surface area contributed by atoms with Gasteiger partial charge in [0, 0.05) is 12.2 Å². The number of amides is 1. The maximum Gasteiger partial charge on any atom is 0.418 e. The molecule has 37 heavy (non-hydrogen) atoms. The van der Waals surface area contributed by atoms with Crippen molar-refractivity contribution in [1.82, 2.24) is 0 Å². The molecule has 0 radical (unpaired) electrons. The summed E-state index contributed by atoms with van der Waals surface area (Å²) in [6.45, 7) is -1.49. The van der Waals surface area contributed by atoms with Gasteiger partial charge in [-0.05, 0) is 48.9 Å². The molecule has 0 unspecified atom stereocenters. The quantitative estimate of drug-likeness (QED) is 0.465. The second-order valence-corrected chi connectivity index (χ2v) is 9.57. The smallest absolute Gasteiger partial charge is 0.390 e. The summed E-state index contributed by atoms with van der Waals surface area (Å²) < 4.78 is 89.1. The Hall–Kier alpha value is -2.63. The third-order valence-corrected chi connectivity index (χ3v) is 6.98. The fraction of sp³-hybridized carbons (Fsp3) is 0.500. The fourth-order valence-corrected chi connectivity index (χ4v) is 5.06. The van der Waals surface area contributed by atoms with Gasteiger partial charge in [-0.1, -0.05) is 42.5 Å². The Morgan fingerprint density at radius 2 is 1.68 bits per heavy atom. The first-order valence-electron chi connectivity index (χ1n) is 11.9. The second kappa shape index (κ2) is 10.6. The molecule has 2 fully saturated rings. The van der Waals surface area contributed by atoms with E-state index in [4.69, 9.17) is 9.47 Å². The lowest BCUT2D eigenvalue weighted by Gasteiger charge is -2.39. The van der Waals surface area contributed by atoms with Crippen LogP contribution in [0.25, 0.3) is 0 Å². The molecular weight excluding hydrogens is 504 g/mol. The van der Waals surface area contributed by atoms with Crippen molar-refractivity contribution < 1.29 is 45.7 Å². The van der Waals surface area contributed by atoms with Gasteiger partial charge in [-0.2, -0.15) is 26.3 Å². The van der Waals surface area contributed by atoms with Gasteiger partial charge in [0.05, 0.1) is 24.2 Å². The van der Waals surface area contributed by atoms with Crippen molar-refractivity contribution in [3.63, 3.8) is 0 Å². The van der Waals surface area contributed by atoms with Crippen LogP contribution < -0.4 is 4.90 Å². The zero-order valence-corrected chi connectivity index (χ0v) is 19.8. The Morgan fingerprint density at radius 1 is 1.00 bits per heavy atom. The molecule has 5 nitrogen and oxygen atoms in total. The normalized spacial score (nSPS) is 25.6. The Kier molecular flexibility index (Phi) is 7.87. The van der Waals surface area contributed by atoms with E-state index in [0.717, 1.165) is 0 Å². The molecule has 1 N–H and O–H groups in total. The summed E-state index contributed by atoms with van der Waals surface area (Å²) in [6, 6.07) is 13.8. The second-order valence-electron chi connectivity index (χ2n) is 9.57. The molecule has 11 heteroatoms. The molecule has 0 bridgehead atoms. The highest BCUT2D eigenvalue weighted by atomic mass is 19.4. The van der Waals surface area contributed by atoms with Gasteiger partial charge >= 0.3 is 12.4 Å². The minimum Gasteiger partial charge on any atom is -0.390 e. The molecule has 1 spiro atoms. The molecule has 1 saturated heterocycles. The van der Waals surface area contributed by atoms with E-state index < -0.39 is 42.7 Å². The lowest BCUT2D eigenvalue weighted by Crippen LogP contribution is -2.46. The van der Waals surface area contributed by atoms with Gasteiger partial charge in [-0.15, -0.1) is 0 Å². The first kappa shape index (κ1) is 27.4. The largest absolute Gasteiger partial charge is 0.418 e. The number of aliphatic hydroxyl groups is 1. The van der Waals surface area contributed by atoms with E-state index in [-0.39, 0.29) is 43.9 Å². The van der Waals surface area contributed by atoms with Crippen LogP contribution in [0.1, 0.15) is 42.9 Å². The van der Waals surface area contributed by atoms with Gasteiger partial charge in [-0.25, -0.2) is 0 Å². The average Bonchev–Trinajstić information content (AvgIpc) is 3.15. The molecule has 1 saturated carbocycles. The van der Waals surface area contributed by atoms with Crippen LogP contribution in [0.15, 0.2) is 54.6 Å². The topological polar surface area (TPSA) is 59.0 Å². The number of carbonyl (C=O) groups excluding carboxylic acids is 1. The van der Waals surface area contributed by atoms with E-state index in [1.54, 1.807) is 30.3 Å². The van der Waals surface area contributed by atoms with Crippen molar-refractivity contribution >= 4 is 11.6 Å². The van der Waals surface area contributed by atoms with Crippen LogP contribution in [-0.2, 0) is 20.9 Å². The third-order valence-electron chi connectivity index (χ3n) is 6.98. The summed E-state index contributed by atoms with van der Waals surface area (Å²) in [5.74, 6) is -0.333. The number of nitrogens with zero attached hydrogens (tertiary/aromatic N) is 1. The van der Waals surface area contributed by atoms with E-state index in [0.29, 0.717) is 17.7 Å². The van der Waals surface area contributed by atoms with E-state index in [9.17, 15) is 36.2 Å². The van der Waals surface area contributed by atoms with Crippen molar-refractivity contribution in [3.8, 4) is 0 Å². The summed E-state index contributed by atoms with van der Waals surface area (Å²) in [6.07, 6.45) is -12.9. The monoisotopic (exact) mass is 531 g/mol. The molecule has 202 valence electrons. The molecule has 0 aromatic heterocycles. The molecule has 1 aliphatic heterocycles. The zero-order valence-electron chi connectivity index (χ0n) is 19.8. The van der Waals surface area contributed by atoms with E-state index in [1.165, 1.54) is 29.2 Å². The van der Waals surface area contributed by atoms with Crippen LogP contribution in [-0.4, -0.2) is 48.7 Å². The van der Waals surface area contributed by atoms with E-state index in [1.807, 2.05) is 0 Å². The first-order valence-corrected chi connectivity index (χ1v) is 11.9. The predicted octanol–water partition coefficient (Wildman–Crippen LogP) is 5.72. The van der Waals surface area contributed by atoms with E-state index in [2.05, 4.69) is 0 Å². The summed E-state index contributed by atoms with van der Waals surface area (Å²) in [5.41, 5.74) is -0.124. The number of halogens is 6. The fourth-order valence-electron chi connectivity index (χ4n) is 5.06. The Bertz CT molecular complexity index is 1060. The molecular formula is C26H27F6NO4. The maximum atomic E-state index is 13.7. The number of anilines is 1. The predicted molar refractivity (Wildman–Crippen MR) is 122 cm³/mol. The highest BCUT2D eigenvalue weighted by Crippen LogP contribution is 2.47. The number of hydrogen-bond acceptors (Lipinski definition) is 4. The summed E-state index contributed by atoms with van der Waals surface area (Å²) in [7, 11) is 0. The molecule has 2 aliphatic rings. The van der Waals surface area contributed by atoms with Crippen molar-refractivity contribution in [2.45, 2.75) is 63.0 Å². The summed E-state index contributed by atoms with van der Waals surface area (Å²) >= 11 is 0. The van der Waals surface area contributed by atoms with Gasteiger partial charge in [0.1, 0.15) is 6.61 Å². The minimum atomic E-state index is -4.65.